The summed E-state index contributed by atoms with van der Waals surface area (Å²) in [5.41, 5.74) is 1.83. The molecule has 21 heavy (non-hydrogen) atoms. The average Bonchev–Trinajstić information content (AvgIpc) is 2.47. The third-order valence-electron chi connectivity index (χ3n) is 3.02. The van der Waals surface area contributed by atoms with Gasteiger partial charge in [-0.3, -0.25) is 10.1 Å². The van der Waals surface area contributed by atoms with Gasteiger partial charge in [-0.2, -0.15) is 0 Å². The molecule has 0 saturated heterocycles. The van der Waals surface area contributed by atoms with Crippen LogP contribution in [0, 0.1) is 10.1 Å². The molecular weight excluding hydrogens is 336 g/mol. The van der Waals surface area contributed by atoms with Crippen LogP contribution in [-0.4, -0.2) is 12.0 Å². The van der Waals surface area contributed by atoms with Crippen LogP contribution in [0.3, 0.4) is 0 Å². The Labute approximate surface area is 131 Å². The number of rotatable bonds is 6. The molecule has 0 unspecified atom stereocenters. The van der Waals surface area contributed by atoms with Crippen molar-refractivity contribution < 1.29 is 9.66 Å². The fraction of sp³-hybridized carbons (Fsp3) is 0.200. The number of halogens is 1. The van der Waals surface area contributed by atoms with E-state index in [0.29, 0.717) is 18.7 Å². The summed E-state index contributed by atoms with van der Waals surface area (Å²) in [5, 5.41) is 14.2. The molecule has 2 aromatic carbocycles. The maximum atomic E-state index is 11.0. The summed E-state index contributed by atoms with van der Waals surface area (Å²) >= 11 is 3.33. The molecule has 6 heteroatoms. The molecule has 0 heterocycles. The summed E-state index contributed by atoms with van der Waals surface area (Å²) in [5.74, 6) is 0.794. The van der Waals surface area contributed by atoms with Crippen molar-refractivity contribution in [2.45, 2.75) is 13.1 Å². The summed E-state index contributed by atoms with van der Waals surface area (Å²) in [6.45, 7) is 1.04. The fourth-order valence-corrected chi connectivity index (χ4v) is 2.41. The minimum Gasteiger partial charge on any atom is -0.497 e. The standard InChI is InChI=1S/C15H15BrN2O3/c1-21-14-4-2-3-11(7-14)9-17-10-12-8-13(16)5-6-15(12)18(19)20/h2-8,17H,9-10H2,1H3. The molecule has 0 fully saturated rings. The van der Waals surface area contributed by atoms with Crippen molar-refractivity contribution in [2.75, 3.05) is 7.11 Å². The largest absolute Gasteiger partial charge is 0.497 e. The first-order valence-electron chi connectivity index (χ1n) is 6.36. The first kappa shape index (κ1) is 15.5. The van der Waals surface area contributed by atoms with E-state index in [0.717, 1.165) is 15.8 Å². The molecular formula is C15H15BrN2O3. The van der Waals surface area contributed by atoms with Crippen molar-refractivity contribution in [2.24, 2.45) is 0 Å². The Morgan fingerprint density at radius 3 is 2.76 bits per heavy atom. The fourth-order valence-electron chi connectivity index (χ4n) is 2.00. The Morgan fingerprint density at radius 2 is 2.05 bits per heavy atom. The van der Waals surface area contributed by atoms with Crippen LogP contribution in [0.2, 0.25) is 0 Å². The van der Waals surface area contributed by atoms with Crippen molar-refractivity contribution in [3.8, 4) is 5.75 Å². The smallest absolute Gasteiger partial charge is 0.273 e. The lowest BCUT2D eigenvalue weighted by Gasteiger charge is -2.08. The number of ether oxygens (including phenoxy) is 1. The molecule has 0 radical (unpaired) electrons. The maximum Gasteiger partial charge on any atom is 0.273 e. The van der Waals surface area contributed by atoms with Gasteiger partial charge in [0.2, 0.25) is 0 Å². The van der Waals surface area contributed by atoms with Crippen LogP contribution in [-0.2, 0) is 13.1 Å². The number of nitro benzene ring substituents is 1. The number of nitro groups is 1. The number of methoxy groups -OCH3 is 1. The quantitative estimate of drug-likeness (QED) is 0.637. The van der Waals surface area contributed by atoms with Crippen molar-refractivity contribution in [1.29, 1.82) is 0 Å². The molecule has 0 aromatic heterocycles. The van der Waals surface area contributed by atoms with Gasteiger partial charge in [0.1, 0.15) is 5.75 Å². The molecule has 2 rings (SSSR count). The molecule has 0 aliphatic rings. The van der Waals surface area contributed by atoms with Crippen LogP contribution in [0.4, 0.5) is 5.69 Å². The van der Waals surface area contributed by atoms with Gasteiger partial charge in [0.05, 0.1) is 12.0 Å². The van der Waals surface area contributed by atoms with Crippen molar-refractivity contribution >= 4 is 21.6 Å². The second-order valence-corrected chi connectivity index (χ2v) is 5.40. The minimum atomic E-state index is -0.366. The highest BCUT2D eigenvalue weighted by atomic mass is 79.9. The Balaban J connectivity index is 2.03. The lowest BCUT2D eigenvalue weighted by molar-refractivity contribution is -0.385. The van der Waals surface area contributed by atoms with E-state index in [4.69, 9.17) is 4.74 Å². The van der Waals surface area contributed by atoms with Gasteiger partial charge in [0.25, 0.3) is 5.69 Å². The Morgan fingerprint density at radius 1 is 1.24 bits per heavy atom. The molecule has 1 N–H and O–H groups in total. The van der Waals surface area contributed by atoms with E-state index in [-0.39, 0.29) is 10.6 Å². The predicted octanol–water partition coefficient (Wildman–Crippen LogP) is 3.66. The van der Waals surface area contributed by atoms with Gasteiger partial charge in [-0.05, 0) is 29.8 Å². The first-order valence-corrected chi connectivity index (χ1v) is 7.16. The van der Waals surface area contributed by atoms with Gasteiger partial charge >= 0.3 is 0 Å². The number of benzene rings is 2. The summed E-state index contributed by atoms with van der Waals surface area (Å²) < 4.78 is 5.99. The van der Waals surface area contributed by atoms with Crippen molar-refractivity contribution in [3.05, 3.63) is 68.2 Å². The van der Waals surface area contributed by atoms with E-state index in [1.54, 1.807) is 19.2 Å². The molecule has 2 aromatic rings. The van der Waals surface area contributed by atoms with E-state index < -0.39 is 0 Å². The van der Waals surface area contributed by atoms with Crippen LogP contribution in [0.15, 0.2) is 46.9 Å². The molecule has 0 aliphatic carbocycles. The molecule has 5 nitrogen and oxygen atoms in total. The monoisotopic (exact) mass is 350 g/mol. The molecule has 0 aliphatic heterocycles. The van der Waals surface area contributed by atoms with Crippen LogP contribution < -0.4 is 10.1 Å². The predicted molar refractivity (Wildman–Crippen MR) is 84.3 cm³/mol. The topological polar surface area (TPSA) is 64.4 Å². The Kier molecular flexibility index (Phi) is 5.30. The molecule has 0 saturated carbocycles. The van der Waals surface area contributed by atoms with Gasteiger partial charge < -0.3 is 10.1 Å². The van der Waals surface area contributed by atoms with Gasteiger partial charge in [0.15, 0.2) is 0 Å². The van der Waals surface area contributed by atoms with Gasteiger partial charge in [-0.1, -0.05) is 28.1 Å². The zero-order valence-corrected chi connectivity index (χ0v) is 13.1. The molecule has 0 atom stereocenters. The third kappa shape index (κ3) is 4.27. The normalized spacial score (nSPS) is 10.4. The SMILES string of the molecule is COc1cccc(CNCc2cc(Br)ccc2[N+](=O)[O-])c1. The van der Waals surface area contributed by atoms with E-state index in [2.05, 4.69) is 21.2 Å². The second kappa shape index (κ2) is 7.19. The second-order valence-electron chi connectivity index (χ2n) is 4.49. The van der Waals surface area contributed by atoms with Crippen LogP contribution in [0.5, 0.6) is 5.75 Å². The van der Waals surface area contributed by atoms with E-state index in [1.807, 2.05) is 24.3 Å². The van der Waals surface area contributed by atoms with Crippen LogP contribution in [0.25, 0.3) is 0 Å². The highest BCUT2D eigenvalue weighted by Crippen LogP contribution is 2.23. The zero-order chi connectivity index (χ0) is 15.2. The number of hydrogen-bond acceptors (Lipinski definition) is 4. The van der Waals surface area contributed by atoms with Gasteiger partial charge in [-0.25, -0.2) is 0 Å². The third-order valence-corrected chi connectivity index (χ3v) is 3.51. The van der Waals surface area contributed by atoms with Gasteiger partial charge in [0, 0.05) is 29.2 Å². The van der Waals surface area contributed by atoms with E-state index >= 15 is 0 Å². The number of nitrogens with zero attached hydrogens (tertiary/aromatic N) is 1. The van der Waals surface area contributed by atoms with Crippen LogP contribution in [0.1, 0.15) is 11.1 Å². The van der Waals surface area contributed by atoms with E-state index in [1.165, 1.54) is 6.07 Å². The first-order chi connectivity index (χ1) is 10.1. The van der Waals surface area contributed by atoms with Gasteiger partial charge in [-0.15, -0.1) is 0 Å². The zero-order valence-electron chi connectivity index (χ0n) is 11.5. The average molecular weight is 351 g/mol. The highest BCUT2D eigenvalue weighted by molar-refractivity contribution is 9.10. The summed E-state index contributed by atoms with van der Waals surface area (Å²) in [6, 6.07) is 12.6. The van der Waals surface area contributed by atoms with Crippen LogP contribution >= 0.6 is 15.9 Å². The van der Waals surface area contributed by atoms with E-state index in [9.17, 15) is 10.1 Å². The van der Waals surface area contributed by atoms with Crippen molar-refractivity contribution in [1.82, 2.24) is 5.32 Å². The highest BCUT2D eigenvalue weighted by Gasteiger charge is 2.13. The molecule has 0 amide bonds. The molecule has 0 bridgehead atoms. The maximum absolute atomic E-state index is 11.0. The minimum absolute atomic E-state index is 0.122. The summed E-state index contributed by atoms with van der Waals surface area (Å²) in [6.07, 6.45) is 0. The molecule has 110 valence electrons. The number of hydrogen-bond donors (Lipinski definition) is 1. The molecule has 0 spiro atoms. The lowest BCUT2D eigenvalue weighted by atomic mass is 10.1. The summed E-state index contributed by atoms with van der Waals surface area (Å²) in [7, 11) is 1.62. The number of nitrogens with one attached hydrogen (secondary N) is 1. The van der Waals surface area contributed by atoms with Crippen molar-refractivity contribution in [3.63, 3.8) is 0 Å². The Bertz CT molecular complexity index is 647. The Hall–Kier alpha value is -1.92. The lowest BCUT2D eigenvalue weighted by Crippen LogP contribution is -2.14. The summed E-state index contributed by atoms with van der Waals surface area (Å²) in [4.78, 5) is 10.6.